The van der Waals surface area contributed by atoms with Crippen LogP contribution in [-0.2, 0) is 19.1 Å². The molecule has 2 aromatic rings. The first-order valence-electron chi connectivity index (χ1n) is 11.0. The zero-order valence-corrected chi connectivity index (χ0v) is 18.7. The van der Waals surface area contributed by atoms with Gasteiger partial charge in [-0.25, -0.2) is 9.59 Å². The van der Waals surface area contributed by atoms with E-state index in [1.807, 2.05) is 36.4 Å². The highest BCUT2D eigenvalue weighted by atomic mass is 16.5. The van der Waals surface area contributed by atoms with E-state index in [9.17, 15) is 19.5 Å². The fourth-order valence-corrected chi connectivity index (χ4v) is 4.88. The van der Waals surface area contributed by atoms with E-state index in [0.29, 0.717) is 19.4 Å². The summed E-state index contributed by atoms with van der Waals surface area (Å²) in [7, 11) is 1.42. The number of hydrogen-bond acceptors (Lipinski definition) is 5. The van der Waals surface area contributed by atoms with Crippen molar-refractivity contribution in [2.24, 2.45) is 0 Å². The van der Waals surface area contributed by atoms with Crippen LogP contribution in [0, 0.1) is 0 Å². The summed E-state index contributed by atoms with van der Waals surface area (Å²) in [5, 5.41) is 12.1. The average molecular weight is 453 g/mol. The number of fused-ring (bicyclic) bond motifs is 3. The van der Waals surface area contributed by atoms with E-state index in [-0.39, 0.29) is 19.1 Å². The smallest absolute Gasteiger partial charge is 0.408 e. The molecule has 1 unspecified atom stereocenters. The van der Waals surface area contributed by atoms with Crippen molar-refractivity contribution in [2.75, 3.05) is 26.9 Å². The van der Waals surface area contributed by atoms with Gasteiger partial charge in [0, 0.05) is 19.6 Å². The average Bonchev–Trinajstić information content (AvgIpc) is 3.41. The van der Waals surface area contributed by atoms with Gasteiger partial charge in [0.2, 0.25) is 0 Å². The molecule has 1 aliphatic heterocycles. The van der Waals surface area contributed by atoms with E-state index in [1.54, 1.807) is 0 Å². The molecule has 2 aromatic carbocycles. The summed E-state index contributed by atoms with van der Waals surface area (Å²) >= 11 is 0. The lowest BCUT2D eigenvalue weighted by atomic mass is 9.98. The number of carboxylic acid groups (broad SMARTS) is 1. The van der Waals surface area contributed by atoms with Crippen LogP contribution < -0.4 is 5.32 Å². The first-order chi connectivity index (χ1) is 15.9. The maximum atomic E-state index is 13.2. The number of nitrogens with one attached hydrogen (secondary N) is 1. The number of methoxy groups -OCH3 is 1. The van der Waals surface area contributed by atoms with Gasteiger partial charge in [-0.3, -0.25) is 4.79 Å². The van der Waals surface area contributed by atoms with Gasteiger partial charge in [0.1, 0.15) is 18.2 Å². The summed E-state index contributed by atoms with van der Waals surface area (Å²) in [5.74, 6) is -1.66. The normalized spacial score (nSPS) is 18.8. The Hall–Kier alpha value is -3.39. The Morgan fingerprint density at radius 2 is 1.70 bits per heavy atom. The Labute approximate surface area is 192 Å². The molecule has 0 aromatic heterocycles. The molecule has 2 atom stereocenters. The van der Waals surface area contributed by atoms with Crippen molar-refractivity contribution in [3.8, 4) is 11.1 Å². The molecule has 1 heterocycles. The largest absolute Gasteiger partial charge is 0.480 e. The van der Waals surface area contributed by atoms with Crippen molar-refractivity contribution in [3.05, 3.63) is 59.7 Å². The molecule has 174 valence electrons. The molecule has 1 fully saturated rings. The van der Waals surface area contributed by atoms with Crippen LogP contribution in [-0.4, -0.2) is 66.4 Å². The molecule has 2 aliphatic rings. The Bertz CT molecular complexity index is 1020. The Balaban J connectivity index is 1.47. The number of amides is 2. The number of alkyl carbamates (subject to hydrolysis) is 1. The Morgan fingerprint density at radius 1 is 1.09 bits per heavy atom. The SMILES string of the molecule is COCC(C)(NC(=O)OCC1c2ccccc2-c2ccccc21)C(=O)N1CCC[C@@H]1C(=O)O. The van der Waals surface area contributed by atoms with Gasteiger partial charge in [0.05, 0.1) is 6.61 Å². The number of benzene rings is 2. The van der Waals surface area contributed by atoms with E-state index in [2.05, 4.69) is 17.4 Å². The minimum absolute atomic E-state index is 0.109. The van der Waals surface area contributed by atoms with Crippen LogP contribution in [0.3, 0.4) is 0 Å². The number of hydrogen-bond donors (Lipinski definition) is 2. The third-order valence-electron chi connectivity index (χ3n) is 6.43. The van der Waals surface area contributed by atoms with Crippen molar-refractivity contribution in [1.29, 1.82) is 0 Å². The summed E-state index contributed by atoms with van der Waals surface area (Å²) in [6, 6.07) is 15.1. The first-order valence-corrected chi connectivity index (χ1v) is 11.0. The van der Waals surface area contributed by atoms with E-state index >= 15 is 0 Å². The lowest BCUT2D eigenvalue weighted by Crippen LogP contribution is -2.62. The molecule has 2 amide bonds. The molecule has 1 saturated heterocycles. The van der Waals surface area contributed by atoms with Crippen LogP contribution in [0.2, 0.25) is 0 Å². The summed E-state index contributed by atoms with van der Waals surface area (Å²) in [5.41, 5.74) is 2.97. The molecule has 0 bridgehead atoms. The fraction of sp³-hybridized carbons (Fsp3) is 0.400. The van der Waals surface area contributed by atoms with Gasteiger partial charge < -0.3 is 24.8 Å². The lowest BCUT2D eigenvalue weighted by molar-refractivity contribution is -0.151. The van der Waals surface area contributed by atoms with Crippen molar-refractivity contribution >= 4 is 18.0 Å². The quantitative estimate of drug-likeness (QED) is 0.669. The number of ether oxygens (including phenoxy) is 2. The highest BCUT2D eigenvalue weighted by molar-refractivity contribution is 5.93. The van der Waals surface area contributed by atoms with Crippen molar-refractivity contribution < 1.29 is 29.0 Å². The standard InChI is InChI=1S/C25H28N2O6/c1-25(15-32-2,23(30)27-13-7-12-21(27)22(28)29)26-24(31)33-14-20-18-10-5-3-8-16(18)17-9-4-6-11-19(17)20/h3-6,8-11,20-21H,7,12-15H2,1-2H3,(H,26,31)(H,28,29)/t21-,25?/m1/s1. The molecule has 1 aliphatic carbocycles. The molecule has 4 rings (SSSR count). The van der Waals surface area contributed by atoms with Gasteiger partial charge >= 0.3 is 12.1 Å². The molecule has 8 heteroatoms. The molecular weight excluding hydrogens is 424 g/mol. The number of carboxylic acids is 1. The predicted octanol–water partition coefficient (Wildman–Crippen LogP) is 3.01. The third-order valence-corrected chi connectivity index (χ3v) is 6.43. The molecule has 33 heavy (non-hydrogen) atoms. The summed E-state index contributed by atoms with van der Waals surface area (Å²) in [6.45, 7) is 1.84. The molecule has 0 radical (unpaired) electrons. The van der Waals surface area contributed by atoms with Gasteiger partial charge in [0.25, 0.3) is 5.91 Å². The van der Waals surface area contributed by atoms with Crippen LogP contribution in [0.4, 0.5) is 4.79 Å². The van der Waals surface area contributed by atoms with E-state index in [4.69, 9.17) is 9.47 Å². The molecule has 2 N–H and O–H groups in total. The number of likely N-dealkylation sites (tertiary alicyclic amines) is 1. The number of aliphatic carboxylic acids is 1. The minimum Gasteiger partial charge on any atom is -0.480 e. The van der Waals surface area contributed by atoms with Crippen LogP contribution in [0.25, 0.3) is 11.1 Å². The van der Waals surface area contributed by atoms with Crippen molar-refractivity contribution in [2.45, 2.75) is 37.3 Å². The van der Waals surface area contributed by atoms with Crippen LogP contribution in [0.5, 0.6) is 0 Å². The highest BCUT2D eigenvalue weighted by Gasteiger charge is 2.44. The van der Waals surface area contributed by atoms with Gasteiger partial charge in [-0.05, 0) is 42.0 Å². The molecule has 8 nitrogen and oxygen atoms in total. The zero-order valence-electron chi connectivity index (χ0n) is 18.7. The van der Waals surface area contributed by atoms with Gasteiger partial charge in [0.15, 0.2) is 0 Å². The second-order valence-electron chi connectivity index (χ2n) is 8.71. The maximum Gasteiger partial charge on any atom is 0.408 e. The van der Waals surface area contributed by atoms with E-state index in [1.165, 1.54) is 18.9 Å². The van der Waals surface area contributed by atoms with E-state index < -0.39 is 29.6 Å². The molecule has 0 spiro atoms. The number of carbonyl (C=O) groups excluding carboxylic acids is 2. The second-order valence-corrected chi connectivity index (χ2v) is 8.71. The summed E-state index contributed by atoms with van der Waals surface area (Å²) in [4.78, 5) is 38.8. The number of nitrogens with zero attached hydrogens (tertiary/aromatic N) is 1. The number of carbonyl (C=O) groups is 3. The van der Waals surface area contributed by atoms with Gasteiger partial charge in [-0.2, -0.15) is 0 Å². The summed E-state index contributed by atoms with van der Waals surface area (Å²) < 4.78 is 10.8. The first kappa shape index (κ1) is 22.8. The van der Waals surface area contributed by atoms with Crippen molar-refractivity contribution in [3.63, 3.8) is 0 Å². The number of rotatable bonds is 7. The van der Waals surface area contributed by atoms with Crippen LogP contribution in [0.1, 0.15) is 36.8 Å². The van der Waals surface area contributed by atoms with Gasteiger partial charge in [-0.15, -0.1) is 0 Å². The highest BCUT2D eigenvalue weighted by Crippen LogP contribution is 2.44. The van der Waals surface area contributed by atoms with Crippen LogP contribution >= 0.6 is 0 Å². The Morgan fingerprint density at radius 3 is 2.27 bits per heavy atom. The van der Waals surface area contributed by atoms with Crippen molar-refractivity contribution in [1.82, 2.24) is 10.2 Å². The van der Waals surface area contributed by atoms with Crippen LogP contribution in [0.15, 0.2) is 48.5 Å². The topological polar surface area (TPSA) is 105 Å². The minimum atomic E-state index is -1.45. The lowest BCUT2D eigenvalue weighted by Gasteiger charge is -2.34. The maximum absolute atomic E-state index is 13.2. The third kappa shape index (κ3) is 4.30. The summed E-state index contributed by atoms with van der Waals surface area (Å²) in [6.07, 6.45) is 0.224. The predicted molar refractivity (Wildman–Crippen MR) is 121 cm³/mol. The zero-order chi connectivity index (χ0) is 23.6. The van der Waals surface area contributed by atoms with Gasteiger partial charge in [-0.1, -0.05) is 48.5 Å². The van der Waals surface area contributed by atoms with E-state index in [0.717, 1.165) is 22.3 Å². The molecular formula is C25H28N2O6. The fourth-order valence-electron chi connectivity index (χ4n) is 4.88. The Kier molecular flexibility index (Phi) is 6.37. The molecule has 0 saturated carbocycles. The monoisotopic (exact) mass is 452 g/mol. The second kappa shape index (κ2) is 9.23.